The zero-order chi connectivity index (χ0) is 32.7. The molecule has 3 fully saturated rings. The maximum atomic E-state index is 14.6. The van der Waals surface area contributed by atoms with Crippen LogP contribution in [0.5, 0.6) is 0 Å². The lowest BCUT2D eigenvalue weighted by atomic mass is 9.38. The van der Waals surface area contributed by atoms with E-state index in [1.165, 1.54) is 40.7 Å². The second-order valence-electron chi connectivity index (χ2n) is 15.4. The van der Waals surface area contributed by atoms with Gasteiger partial charge in [-0.2, -0.15) is 0 Å². The average Bonchev–Trinajstić information content (AvgIpc) is 3.06. The Morgan fingerprint density at radius 1 is 0.953 bits per heavy atom. The lowest BCUT2D eigenvalue weighted by Gasteiger charge is -2.64. The fourth-order valence-corrected chi connectivity index (χ4v) is 9.56. The van der Waals surface area contributed by atoms with Crippen molar-refractivity contribution in [1.29, 1.82) is 0 Å². The first-order valence-corrected chi connectivity index (χ1v) is 15.3. The van der Waals surface area contributed by atoms with E-state index in [-0.39, 0.29) is 36.2 Å². The predicted octanol–water partition coefficient (Wildman–Crippen LogP) is 4.07. The van der Waals surface area contributed by atoms with Gasteiger partial charge in [0, 0.05) is 37.0 Å². The number of esters is 2. The topological polar surface area (TPSA) is 144 Å². The highest BCUT2D eigenvalue weighted by Gasteiger charge is 2.75. The third-order valence-corrected chi connectivity index (χ3v) is 11.7. The minimum Gasteiger partial charge on any atom is -0.462 e. The van der Waals surface area contributed by atoms with Gasteiger partial charge in [-0.3, -0.25) is 24.0 Å². The molecule has 4 aliphatic carbocycles. The number of allylic oxidation sites excluding steroid dienone is 2. The fraction of sp³-hybridized carbons (Fsp3) is 0.735. The molecule has 0 radical (unpaired) electrons. The van der Waals surface area contributed by atoms with E-state index in [2.05, 4.69) is 13.0 Å². The second kappa shape index (κ2) is 10.2. The number of ether oxygens (including phenoxy) is 2. The number of ketones is 3. The van der Waals surface area contributed by atoms with E-state index < -0.39 is 68.7 Å². The van der Waals surface area contributed by atoms with Gasteiger partial charge in [0.25, 0.3) is 0 Å². The Balaban J connectivity index is 1.86. The highest BCUT2D eigenvalue weighted by molar-refractivity contribution is 5.98. The molecule has 0 bridgehead atoms. The van der Waals surface area contributed by atoms with Crippen LogP contribution in [0.15, 0.2) is 23.8 Å². The summed E-state index contributed by atoms with van der Waals surface area (Å²) in [6, 6.07) is 0. The number of carbonyl (C=O) groups excluding carboxylic acids is 5. The van der Waals surface area contributed by atoms with Gasteiger partial charge in [0.05, 0.1) is 5.60 Å². The number of fused-ring (bicyclic) bond motifs is 5. The van der Waals surface area contributed by atoms with E-state index in [1.54, 1.807) is 0 Å². The smallest absolute Gasteiger partial charge is 0.303 e. The summed E-state index contributed by atoms with van der Waals surface area (Å²) in [5, 5.41) is 22.1. The van der Waals surface area contributed by atoms with Crippen LogP contribution in [0.4, 0.5) is 0 Å². The zero-order valence-electron chi connectivity index (χ0n) is 27.2. The number of hydrogen-bond acceptors (Lipinski definition) is 9. The van der Waals surface area contributed by atoms with E-state index in [9.17, 15) is 34.2 Å². The van der Waals surface area contributed by atoms with Crippen molar-refractivity contribution in [3.05, 3.63) is 23.8 Å². The molecule has 0 heterocycles. The molecule has 4 aliphatic rings. The molecule has 0 aromatic rings. The van der Waals surface area contributed by atoms with Gasteiger partial charge in [-0.1, -0.05) is 38.5 Å². The fourth-order valence-electron chi connectivity index (χ4n) is 9.56. The maximum Gasteiger partial charge on any atom is 0.303 e. The van der Waals surface area contributed by atoms with Crippen molar-refractivity contribution in [3.63, 3.8) is 0 Å². The van der Waals surface area contributed by atoms with Crippen LogP contribution in [-0.4, -0.2) is 62.9 Å². The first kappa shape index (κ1) is 33.2. The van der Waals surface area contributed by atoms with E-state index >= 15 is 0 Å². The normalized spacial score (nSPS) is 40.1. The van der Waals surface area contributed by atoms with E-state index in [1.807, 2.05) is 27.7 Å². The molecule has 238 valence electrons. The van der Waals surface area contributed by atoms with Crippen LogP contribution >= 0.6 is 0 Å². The summed E-state index contributed by atoms with van der Waals surface area (Å²) in [7, 11) is 0. The minimum absolute atomic E-state index is 0.0218. The summed E-state index contributed by atoms with van der Waals surface area (Å²) in [5.41, 5.74) is -5.90. The van der Waals surface area contributed by atoms with Crippen molar-refractivity contribution < 1.29 is 43.7 Å². The van der Waals surface area contributed by atoms with Crippen molar-refractivity contribution in [2.24, 2.45) is 39.4 Å². The van der Waals surface area contributed by atoms with Gasteiger partial charge < -0.3 is 19.7 Å². The largest absolute Gasteiger partial charge is 0.462 e. The second-order valence-corrected chi connectivity index (χ2v) is 15.4. The van der Waals surface area contributed by atoms with Crippen LogP contribution in [0.3, 0.4) is 0 Å². The predicted molar refractivity (Wildman–Crippen MR) is 157 cm³/mol. The molecular formula is C34H48O9. The number of aliphatic hydroxyl groups is 2. The van der Waals surface area contributed by atoms with Crippen LogP contribution < -0.4 is 0 Å². The van der Waals surface area contributed by atoms with Crippen molar-refractivity contribution in [2.75, 3.05) is 0 Å². The van der Waals surface area contributed by atoms with Gasteiger partial charge in [-0.15, -0.1) is 0 Å². The summed E-state index contributed by atoms with van der Waals surface area (Å²) in [6.07, 6.45) is 3.75. The van der Waals surface area contributed by atoms with Crippen molar-refractivity contribution in [1.82, 2.24) is 0 Å². The maximum absolute atomic E-state index is 14.6. The van der Waals surface area contributed by atoms with Gasteiger partial charge in [0.15, 0.2) is 17.7 Å². The van der Waals surface area contributed by atoms with E-state index in [0.29, 0.717) is 12.8 Å². The van der Waals surface area contributed by atoms with Crippen LogP contribution in [0.2, 0.25) is 0 Å². The molecule has 9 nitrogen and oxygen atoms in total. The highest BCUT2D eigenvalue weighted by Crippen LogP contribution is 2.74. The van der Waals surface area contributed by atoms with Crippen LogP contribution in [0.1, 0.15) is 94.9 Å². The van der Waals surface area contributed by atoms with Gasteiger partial charge >= 0.3 is 11.9 Å². The summed E-state index contributed by atoms with van der Waals surface area (Å²) >= 11 is 0. The molecule has 9 atom stereocenters. The lowest BCUT2D eigenvalue weighted by molar-refractivity contribution is -0.186. The average molecular weight is 601 g/mol. The number of hydrogen-bond donors (Lipinski definition) is 2. The molecular weight excluding hydrogens is 552 g/mol. The molecule has 0 spiro atoms. The molecule has 0 saturated heterocycles. The molecule has 0 aromatic heterocycles. The van der Waals surface area contributed by atoms with Crippen LogP contribution in [0, 0.1) is 39.4 Å². The van der Waals surface area contributed by atoms with Crippen molar-refractivity contribution >= 4 is 29.3 Å². The van der Waals surface area contributed by atoms with Crippen LogP contribution in [0.25, 0.3) is 0 Å². The monoisotopic (exact) mass is 600 g/mol. The number of rotatable bonds is 6. The summed E-state index contributed by atoms with van der Waals surface area (Å²) < 4.78 is 11.3. The van der Waals surface area contributed by atoms with E-state index in [4.69, 9.17) is 9.47 Å². The standard InChI is InChI=1S/C34H48O9/c1-18(35)42-22-15-21-20(30(5,6)28(22)39)11-12-24-31(7)16-23(43-19(2)36)27(32(31,8)17-26(38)33(21,24)9)34(10,41)25(37)13-14-29(3,4)40/h11,13-14,21-24,27,40-41H,12,15-17H2,1-10H3/b14-13+/t21-,22+,23+,24+,27+,31+,32-,33+,34+/m1/s1. The Hall–Kier alpha value is -2.65. The SMILES string of the molecule is CC(=O)O[C@H]1C[C@@H]2C(=CC[C@@H]3[C@@]2(C)C(=O)C[C@]2(C)[C@@H]([C@@](C)(O)C(=O)/C=C/C(C)(C)O)[C@@H](OC(C)=O)C[C@@]32C)C(C)(C)C1=O. The van der Waals surface area contributed by atoms with Gasteiger partial charge in [-0.05, 0) is 82.6 Å². The zero-order valence-corrected chi connectivity index (χ0v) is 27.2. The number of carbonyl (C=O) groups is 5. The van der Waals surface area contributed by atoms with Gasteiger partial charge in [0.2, 0.25) is 0 Å². The minimum atomic E-state index is -2.02. The molecule has 0 unspecified atom stereocenters. The first-order chi connectivity index (χ1) is 19.4. The Morgan fingerprint density at radius 3 is 2.07 bits per heavy atom. The molecule has 0 aliphatic heterocycles. The molecule has 9 heteroatoms. The molecule has 0 amide bonds. The molecule has 3 saturated carbocycles. The molecule has 2 N–H and O–H groups in total. The van der Waals surface area contributed by atoms with Gasteiger partial charge in [-0.25, -0.2) is 0 Å². The Labute approximate surface area is 254 Å². The van der Waals surface area contributed by atoms with E-state index in [0.717, 1.165) is 11.6 Å². The third kappa shape index (κ3) is 4.95. The van der Waals surface area contributed by atoms with Gasteiger partial charge in [0.1, 0.15) is 17.5 Å². The summed E-state index contributed by atoms with van der Waals surface area (Å²) in [4.78, 5) is 65.9. The lowest BCUT2D eigenvalue weighted by Crippen LogP contribution is -2.65. The molecule has 4 rings (SSSR count). The summed E-state index contributed by atoms with van der Waals surface area (Å²) in [5.74, 6) is -3.53. The Morgan fingerprint density at radius 2 is 1.53 bits per heavy atom. The Bertz CT molecular complexity index is 1310. The quantitative estimate of drug-likeness (QED) is 0.262. The van der Waals surface area contributed by atoms with Crippen molar-refractivity contribution in [3.8, 4) is 0 Å². The van der Waals surface area contributed by atoms with Crippen molar-refractivity contribution in [2.45, 2.75) is 118 Å². The highest BCUT2D eigenvalue weighted by atomic mass is 16.5. The molecule has 0 aromatic carbocycles. The Kier molecular flexibility index (Phi) is 7.88. The summed E-state index contributed by atoms with van der Waals surface area (Å²) in [6.45, 7) is 16.5. The van der Waals surface area contributed by atoms with Crippen LogP contribution in [-0.2, 0) is 33.4 Å². The molecule has 43 heavy (non-hydrogen) atoms. The third-order valence-electron chi connectivity index (χ3n) is 11.7. The first-order valence-electron chi connectivity index (χ1n) is 15.3. The number of Topliss-reactive ketones (excluding diaryl/α,β-unsaturated/α-hetero) is 2.